The number of hydrogen-bond donors (Lipinski definition) is 1. The van der Waals surface area contributed by atoms with E-state index in [1.165, 1.54) is 0 Å². The summed E-state index contributed by atoms with van der Waals surface area (Å²) in [5.41, 5.74) is 0.958. The van der Waals surface area contributed by atoms with E-state index in [9.17, 15) is 0 Å². The molecule has 0 bridgehead atoms. The predicted octanol–water partition coefficient (Wildman–Crippen LogP) is 2.74. The Balaban J connectivity index is 2.03. The second-order valence-electron chi connectivity index (χ2n) is 3.01. The normalized spacial score (nSPS) is 9.93. The molecule has 0 amide bonds. The van der Waals surface area contributed by atoms with Gasteiger partial charge in [-0.1, -0.05) is 17.7 Å². The lowest BCUT2D eigenvalue weighted by Gasteiger charge is -2.05. The molecule has 0 saturated heterocycles. The third-order valence-corrected chi connectivity index (χ3v) is 2.23. The molecule has 0 radical (unpaired) electrons. The number of pyridine rings is 2. The topological polar surface area (TPSA) is 37.8 Å². The van der Waals surface area contributed by atoms with Crippen LogP contribution in [0.1, 0.15) is 5.69 Å². The SMILES string of the molecule is Clc1cccnc1NCc1ccccn1. The maximum absolute atomic E-state index is 5.95. The van der Waals surface area contributed by atoms with E-state index in [0.717, 1.165) is 5.69 Å². The minimum Gasteiger partial charge on any atom is -0.363 e. The molecule has 0 aromatic carbocycles. The highest BCUT2D eigenvalue weighted by Crippen LogP contribution is 2.17. The summed E-state index contributed by atoms with van der Waals surface area (Å²) in [6.45, 7) is 0.623. The fraction of sp³-hybridized carbons (Fsp3) is 0.0909. The van der Waals surface area contributed by atoms with Crippen molar-refractivity contribution in [2.45, 2.75) is 6.54 Å². The van der Waals surface area contributed by atoms with Crippen molar-refractivity contribution in [1.82, 2.24) is 9.97 Å². The molecule has 0 aliphatic rings. The molecule has 0 aliphatic heterocycles. The van der Waals surface area contributed by atoms with Crippen molar-refractivity contribution in [3.05, 3.63) is 53.4 Å². The summed E-state index contributed by atoms with van der Waals surface area (Å²) >= 11 is 5.95. The molecule has 1 N–H and O–H groups in total. The Bertz CT molecular complexity index is 431. The Morgan fingerprint density at radius 3 is 2.67 bits per heavy atom. The zero-order chi connectivity index (χ0) is 10.5. The number of halogens is 1. The molecule has 2 heterocycles. The number of nitrogens with zero attached hydrogens (tertiary/aromatic N) is 2. The van der Waals surface area contributed by atoms with Gasteiger partial charge in [0.1, 0.15) is 5.82 Å². The smallest absolute Gasteiger partial charge is 0.145 e. The summed E-state index contributed by atoms with van der Waals surface area (Å²) < 4.78 is 0. The van der Waals surface area contributed by atoms with Gasteiger partial charge in [-0.3, -0.25) is 4.98 Å². The van der Waals surface area contributed by atoms with E-state index in [1.54, 1.807) is 24.5 Å². The summed E-state index contributed by atoms with van der Waals surface area (Å²) in [6.07, 6.45) is 3.46. The minimum absolute atomic E-state index is 0.619. The van der Waals surface area contributed by atoms with Crippen molar-refractivity contribution in [2.24, 2.45) is 0 Å². The van der Waals surface area contributed by atoms with Gasteiger partial charge in [0.15, 0.2) is 0 Å². The van der Waals surface area contributed by atoms with Gasteiger partial charge in [0.25, 0.3) is 0 Å². The zero-order valence-electron chi connectivity index (χ0n) is 8.02. The number of rotatable bonds is 3. The van der Waals surface area contributed by atoms with Crippen molar-refractivity contribution in [2.75, 3.05) is 5.32 Å². The van der Waals surface area contributed by atoms with Crippen LogP contribution >= 0.6 is 11.6 Å². The number of nitrogens with one attached hydrogen (secondary N) is 1. The van der Waals surface area contributed by atoms with Crippen molar-refractivity contribution in [3.63, 3.8) is 0 Å². The van der Waals surface area contributed by atoms with Crippen LogP contribution in [0, 0.1) is 0 Å². The van der Waals surface area contributed by atoms with E-state index >= 15 is 0 Å². The molecule has 0 spiro atoms. The Morgan fingerprint density at radius 1 is 1.07 bits per heavy atom. The van der Waals surface area contributed by atoms with E-state index in [-0.39, 0.29) is 0 Å². The Labute approximate surface area is 93.1 Å². The first kappa shape index (κ1) is 9.93. The highest BCUT2D eigenvalue weighted by Gasteiger charge is 1.99. The molecular weight excluding hydrogens is 210 g/mol. The van der Waals surface area contributed by atoms with Crippen LogP contribution in [-0.4, -0.2) is 9.97 Å². The van der Waals surface area contributed by atoms with Crippen LogP contribution < -0.4 is 5.32 Å². The van der Waals surface area contributed by atoms with Crippen LogP contribution in [0.2, 0.25) is 5.02 Å². The van der Waals surface area contributed by atoms with Gasteiger partial charge >= 0.3 is 0 Å². The summed E-state index contributed by atoms with van der Waals surface area (Å²) in [7, 11) is 0. The molecule has 2 rings (SSSR count). The predicted molar refractivity (Wildman–Crippen MR) is 60.8 cm³/mol. The van der Waals surface area contributed by atoms with Crippen LogP contribution in [-0.2, 0) is 6.54 Å². The largest absolute Gasteiger partial charge is 0.363 e. The van der Waals surface area contributed by atoms with Gasteiger partial charge in [-0.25, -0.2) is 4.98 Å². The second-order valence-corrected chi connectivity index (χ2v) is 3.42. The molecule has 0 aliphatic carbocycles. The van der Waals surface area contributed by atoms with E-state index in [0.29, 0.717) is 17.4 Å². The van der Waals surface area contributed by atoms with Crippen molar-refractivity contribution in [1.29, 1.82) is 0 Å². The highest BCUT2D eigenvalue weighted by molar-refractivity contribution is 6.32. The number of anilines is 1. The average Bonchev–Trinajstić information content (AvgIpc) is 2.29. The molecule has 0 fully saturated rings. The van der Waals surface area contributed by atoms with Crippen LogP contribution in [0.4, 0.5) is 5.82 Å². The van der Waals surface area contributed by atoms with Gasteiger partial charge in [-0.05, 0) is 24.3 Å². The van der Waals surface area contributed by atoms with Crippen molar-refractivity contribution in [3.8, 4) is 0 Å². The first-order valence-electron chi connectivity index (χ1n) is 4.60. The third kappa shape index (κ3) is 2.67. The van der Waals surface area contributed by atoms with Crippen LogP contribution in [0.15, 0.2) is 42.7 Å². The molecule has 15 heavy (non-hydrogen) atoms. The van der Waals surface area contributed by atoms with Gasteiger partial charge in [0.2, 0.25) is 0 Å². The summed E-state index contributed by atoms with van der Waals surface area (Å²) in [5.74, 6) is 0.685. The number of aromatic nitrogens is 2. The molecule has 2 aromatic heterocycles. The fourth-order valence-electron chi connectivity index (χ4n) is 1.19. The van der Waals surface area contributed by atoms with E-state index in [2.05, 4.69) is 15.3 Å². The molecule has 3 nitrogen and oxygen atoms in total. The summed E-state index contributed by atoms with van der Waals surface area (Å²) in [4.78, 5) is 8.31. The van der Waals surface area contributed by atoms with Crippen LogP contribution in [0.25, 0.3) is 0 Å². The lowest BCUT2D eigenvalue weighted by atomic mass is 10.3. The van der Waals surface area contributed by atoms with Crippen LogP contribution in [0.5, 0.6) is 0 Å². The second kappa shape index (κ2) is 4.75. The van der Waals surface area contributed by atoms with Crippen LogP contribution in [0.3, 0.4) is 0 Å². The fourth-order valence-corrected chi connectivity index (χ4v) is 1.38. The van der Waals surface area contributed by atoms with Gasteiger partial charge in [0.05, 0.1) is 17.3 Å². The summed E-state index contributed by atoms with van der Waals surface area (Å²) in [5, 5.41) is 3.74. The first-order chi connectivity index (χ1) is 7.36. The number of hydrogen-bond acceptors (Lipinski definition) is 3. The quantitative estimate of drug-likeness (QED) is 0.863. The molecule has 0 unspecified atom stereocenters. The highest BCUT2D eigenvalue weighted by atomic mass is 35.5. The van der Waals surface area contributed by atoms with Crippen molar-refractivity contribution < 1.29 is 0 Å². The van der Waals surface area contributed by atoms with Gasteiger partial charge in [0, 0.05) is 12.4 Å². The Hall–Kier alpha value is -1.61. The minimum atomic E-state index is 0.619. The van der Waals surface area contributed by atoms with E-state index in [1.807, 2.05) is 18.2 Å². The average molecular weight is 220 g/mol. The maximum atomic E-state index is 5.95. The molecular formula is C11H10ClN3. The standard InChI is InChI=1S/C11H10ClN3/c12-10-5-3-7-14-11(10)15-8-9-4-1-2-6-13-9/h1-7H,8H2,(H,14,15). The summed E-state index contributed by atoms with van der Waals surface area (Å²) in [6, 6.07) is 9.38. The van der Waals surface area contributed by atoms with Gasteiger partial charge < -0.3 is 5.32 Å². The van der Waals surface area contributed by atoms with Gasteiger partial charge in [-0.2, -0.15) is 0 Å². The molecule has 76 valence electrons. The van der Waals surface area contributed by atoms with Crippen molar-refractivity contribution >= 4 is 17.4 Å². The first-order valence-corrected chi connectivity index (χ1v) is 4.98. The molecule has 2 aromatic rings. The zero-order valence-corrected chi connectivity index (χ0v) is 8.78. The third-order valence-electron chi connectivity index (χ3n) is 1.92. The van der Waals surface area contributed by atoms with Gasteiger partial charge in [-0.15, -0.1) is 0 Å². The molecule has 4 heteroatoms. The Kier molecular flexibility index (Phi) is 3.15. The lowest BCUT2D eigenvalue weighted by molar-refractivity contribution is 1.03. The maximum Gasteiger partial charge on any atom is 0.145 e. The van der Waals surface area contributed by atoms with E-state index < -0.39 is 0 Å². The Morgan fingerprint density at radius 2 is 1.93 bits per heavy atom. The lowest BCUT2D eigenvalue weighted by Crippen LogP contribution is -2.02. The molecule has 0 atom stereocenters. The monoisotopic (exact) mass is 219 g/mol. The molecule has 0 saturated carbocycles. The van der Waals surface area contributed by atoms with E-state index in [4.69, 9.17) is 11.6 Å².